The molecule has 2 rings (SSSR count). The number of carbonyl (C=O) groups is 1. The van der Waals surface area contributed by atoms with Crippen LogP contribution in [0.4, 0.5) is 4.79 Å². The Kier molecular flexibility index (Phi) is 8.04. The Morgan fingerprint density at radius 2 is 2.00 bits per heavy atom. The van der Waals surface area contributed by atoms with Gasteiger partial charge in [-0.2, -0.15) is 9.57 Å². The van der Waals surface area contributed by atoms with E-state index in [2.05, 4.69) is 11.4 Å². The number of hydrogen-bond donors (Lipinski definition) is 2. The molecule has 165 valence electrons. The van der Waals surface area contributed by atoms with Gasteiger partial charge in [-0.3, -0.25) is 0 Å². The molecule has 0 saturated carbocycles. The highest BCUT2D eigenvalue weighted by molar-refractivity contribution is 7.89. The molecule has 10 heteroatoms. The first-order valence-corrected chi connectivity index (χ1v) is 13.8. The quantitative estimate of drug-likeness (QED) is 0.637. The molecule has 1 amide bonds. The van der Waals surface area contributed by atoms with Crippen LogP contribution in [0, 0.1) is 11.3 Å². The summed E-state index contributed by atoms with van der Waals surface area (Å²) in [6.45, 7) is 7.88. The minimum Gasteiger partial charge on any atom is -0.444 e. The van der Waals surface area contributed by atoms with Crippen molar-refractivity contribution in [2.75, 3.05) is 19.3 Å². The van der Waals surface area contributed by atoms with E-state index in [-0.39, 0.29) is 30.3 Å². The summed E-state index contributed by atoms with van der Waals surface area (Å²) in [5.41, 5.74) is 0.509. The van der Waals surface area contributed by atoms with Crippen molar-refractivity contribution < 1.29 is 23.1 Å². The van der Waals surface area contributed by atoms with Crippen molar-refractivity contribution in [1.82, 2.24) is 9.62 Å². The Hall–Kier alpha value is -1.93. The van der Waals surface area contributed by atoms with E-state index in [1.165, 1.54) is 16.4 Å². The molecule has 30 heavy (non-hydrogen) atoms. The lowest BCUT2D eigenvalue weighted by molar-refractivity contribution is 0.0489. The summed E-state index contributed by atoms with van der Waals surface area (Å²) in [4.78, 5) is 12.1. The van der Waals surface area contributed by atoms with Crippen molar-refractivity contribution in [2.45, 2.75) is 62.7 Å². The van der Waals surface area contributed by atoms with Gasteiger partial charge in [-0.1, -0.05) is 6.55 Å². The highest BCUT2D eigenvalue weighted by atomic mass is 32.2. The van der Waals surface area contributed by atoms with Gasteiger partial charge in [-0.15, -0.1) is 0 Å². The predicted octanol–water partition coefficient (Wildman–Crippen LogP) is 1.97. The number of nitrogens with one attached hydrogen (secondary N) is 1. The lowest BCUT2D eigenvalue weighted by Gasteiger charge is -2.32. The van der Waals surface area contributed by atoms with Crippen molar-refractivity contribution >= 4 is 24.9 Å². The second-order valence-corrected chi connectivity index (χ2v) is 13.1. The van der Waals surface area contributed by atoms with Gasteiger partial charge in [0, 0.05) is 25.4 Å². The molecule has 1 radical (unpaired) electrons. The van der Waals surface area contributed by atoms with Gasteiger partial charge >= 0.3 is 6.09 Å². The molecule has 8 nitrogen and oxygen atoms in total. The van der Waals surface area contributed by atoms with Gasteiger partial charge in [0.05, 0.1) is 25.3 Å². The molecule has 0 atom stereocenters. The second-order valence-electron chi connectivity index (χ2n) is 8.55. The number of piperidine rings is 1. The van der Waals surface area contributed by atoms with E-state index in [0.29, 0.717) is 30.0 Å². The Morgan fingerprint density at radius 3 is 2.53 bits per heavy atom. The average Bonchev–Trinajstić information content (AvgIpc) is 2.66. The zero-order valence-corrected chi connectivity index (χ0v) is 19.8. The zero-order chi connectivity index (χ0) is 22.5. The van der Waals surface area contributed by atoms with Crippen LogP contribution in [0.1, 0.15) is 44.7 Å². The maximum Gasteiger partial charge on any atom is 0.407 e. The molecule has 1 aliphatic rings. The first-order chi connectivity index (χ1) is 14.0. The number of nitrogens with zero attached hydrogens (tertiary/aromatic N) is 2. The molecule has 1 aromatic rings. The number of amides is 1. The van der Waals surface area contributed by atoms with Crippen LogP contribution >= 0.6 is 0 Å². The zero-order valence-electron chi connectivity index (χ0n) is 17.9. The molecule has 0 bridgehead atoms. The van der Waals surface area contributed by atoms with Crippen molar-refractivity contribution in [3.05, 3.63) is 29.3 Å². The summed E-state index contributed by atoms with van der Waals surface area (Å²) >= 11 is 0. The topological polar surface area (TPSA) is 120 Å². The monoisotopic (exact) mass is 452 g/mol. The van der Waals surface area contributed by atoms with Gasteiger partial charge in [-0.25, -0.2) is 13.2 Å². The maximum absolute atomic E-state index is 13.1. The fourth-order valence-electron chi connectivity index (χ4n) is 3.23. The highest BCUT2D eigenvalue weighted by Crippen LogP contribution is 2.24. The number of ether oxygens (including phenoxy) is 1. The van der Waals surface area contributed by atoms with Crippen LogP contribution in [0.25, 0.3) is 0 Å². The molecule has 0 aromatic heterocycles. The van der Waals surface area contributed by atoms with Crippen molar-refractivity contribution in [2.24, 2.45) is 0 Å². The van der Waals surface area contributed by atoms with Crippen molar-refractivity contribution in [3.8, 4) is 6.07 Å². The predicted molar refractivity (Wildman–Crippen MR) is 115 cm³/mol. The Morgan fingerprint density at radius 1 is 1.37 bits per heavy atom. The Labute approximate surface area is 180 Å². The summed E-state index contributed by atoms with van der Waals surface area (Å²) in [6.07, 6.45) is 0.550. The van der Waals surface area contributed by atoms with Crippen LogP contribution in [0.5, 0.6) is 0 Å². The number of sulfonamides is 1. The van der Waals surface area contributed by atoms with Crippen molar-refractivity contribution in [1.29, 1.82) is 5.26 Å². The normalized spacial score (nSPS) is 16.3. The van der Waals surface area contributed by atoms with E-state index in [1.54, 1.807) is 26.8 Å². The van der Waals surface area contributed by atoms with Crippen LogP contribution in [-0.4, -0.2) is 63.7 Å². The lowest BCUT2D eigenvalue weighted by atomic mass is 10.1. The van der Waals surface area contributed by atoms with E-state index in [4.69, 9.17) is 4.74 Å². The summed E-state index contributed by atoms with van der Waals surface area (Å²) in [7, 11) is -4.79. The largest absolute Gasteiger partial charge is 0.444 e. The average molecular weight is 453 g/mol. The van der Waals surface area contributed by atoms with Crippen LogP contribution in [-0.2, 0) is 20.8 Å². The van der Waals surface area contributed by atoms with Crippen LogP contribution < -0.4 is 5.32 Å². The van der Waals surface area contributed by atoms with E-state index in [1.807, 2.05) is 6.55 Å². The third-order valence-corrected chi connectivity index (χ3v) is 8.19. The molecule has 1 heterocycles. The lowest BCUT2D eigenvalue weighted by Crippen LogP contribution is -2.47. The van der Waals surface area contributed by atoms with E-state index in [9.17, 15) is 23.6 Å². The van der Waals surface area contributed by atoms with Gasteiger partial charge in [0.2, 0.25) is 10.0 Å². The Balaban J connectivity index is 2.08. The van der Waals surface area contributed by atoms with Crippen LogP contribution in [0.3, 0.4) is 0 Å². The van der Waals surface area contributed by atoms with E-state index < -0.39 is 30.5 Å². The number of aliphatic hydroxyl groups excluding tert-OH is 1. The van der Waals surface area contributed by atoms with E-state index >= 15 is 0 Å². The number of benzene rings is 1. The van der Waals surface area contributed by atoms with E-state index in [0.717, 1.165) is 0 Å². The standard InChI is InChI=1S/C20H30N3O5SSi/c1-20(2,3)28-19(25)22-17-7-9-23(10-8-17)29(26,27)18-6-5-15(12-21)16(11-18)13-30(4)14-24/h5-6,11,17,24H,7-10,13-14H2,1-4H3,(H,22,25). The number of hydrogen-bond acceptors (Lipinski definition) is 6. The fourth-order valence-corrected chi connectivity index (χ4v) is 5.81. The Bertz CT molecular complexity index is 900. The summed E-state index contributed by atoms with van der Waals surface area (Å²) in [5.74, 6) is 0. The van der Waals surface area contributed by atoms with Gasteiger partial charge in [-0.05, 0) is 63.4 Å². The number of nitriles is 1. The summed E-state index contributed by atoms with van der Waals surface area (Å²) < 4.78 is 32.9. The molecular formula is C20H30N3O5SSi. The smallest absolute Gasteiger partial charge is 0.407 e. The minimum atomic E-state index is -3.70. The minimum absolute atomic E-state index is 0.0602. The van der Waals surface area contributed by atoms with Crippen LogP contribution in [0.2, 0.25) is 6.55 Å². The molecule has 0 aliphatic carbocycles. The molecule has 0 spiro atoms. The third-order valence-electron chi connectivity index (χ3n) is 4.77. The van der Waals surface area contributed by atoms with Gasteiger partial charge < -0.3 is 15.2 Å². The first kappa shape index (κ1) is 24.3. The number of carbonyl (C=O) groups excluding carboxylic acids is 1. The second kappa shape index (κ2) is 9.92. The van der Waals surface area contributed by atoms with Gasteiger partial charge in [0.1, 0.15) is 5.60 Å². The fraction of sp³-hybridized carbons (Fsp3) is 0.600. The molecule has 1 aromatic carbocycles. The number of aliphatic hydroxyl groups is 1. The van der Waals surface area contributed by atoms with Crippen molar-refractivity contribution in [3.63, 3.8) is 0 Å². The number of rotatable bonds is 6. The highest BCUT2D eigenvalue weighted by Gasteiger charge is 2.31. The molecule has 1 aliphatic heterocycles. The number of alkyl carbamates (subject to hydrolysis) is 1. The maximum atomic E-state index is 13.1. The summed E-state index contributed by atoms with van der Waals surface area (Å²) in [6, 6.07) is 7.03. The van der Waals surface area contributed by atoms with Crippen LogP contribution in [0.15, 0.2) is 23.1 Å². The van der Waals surface area contributed by atoms with Gasteiger partial charge in [0.25, 0.3) is 0 Å². The summed E-state index contributed by atoms with van der Waals surface area (Å²) in [5, 5.41) is 21.5. The first-order valence-electron chi connectivity index (χ1n) is 9.91. The van der Waals surface area contributed by atoms with Gasteiger partial charge in [0.15, 0.2) is 0 Å². The third kappa shape index (κ3) is 6.53. The molecule has 1 saturated heterocycles. The SMILES string of the molecule is C[Si](CO)Cc1cc(S(=O)(=O)N2CCC(NC(=O)OC(C)(C)C)CC2)ccc1C#N. The molecule has 1 fully saturated rings. The molecule has 0 unspecified atom stereocenters. The molecular weight excluding hydrogens is 422 g/mol. The molecule has 2 N–H and O–H groups in total.